The number of likely N-dealkylation sites (N-methyl/N-ethyl adjacent to an activating group) is 1. The van der Waals surface area contributed by atoms with E-state index in [1.54, 1.807) is 7.11 Å². The second kappa shape index (κ2) is 9.56. The van der Waals surface area contributed by atoms with Gasteiger partial charge in [0, 0.05) is 41.9 Å². The second-order valence-corrected chi connectivity index (χ2v) is 8.93. The van der Waals surface area contributed by atoms with Gasteiger partial charge in [0.25, 0.3) is 0 Å². The fourth-order valence-corrected chi connectivity index (χ4v) is 4.89. The molecule has 1 aliphatic heterocycles. The smallest absolute Gasteiger partial charge is 0.173 e. The van der Waals surface area contributed by atoms with Crippen molar-refractivity contribution in [3.05, 3.63) is 76.5 Å². The maximum Gasteiger partial charge on any atom is 0.173 e. The lowest BCUT2D eigenvalue weighted by Gasteiger charge is -2.28. The molecule has 0 atom stereocenters. The highest BCUT2D eigenvalue weighted by Crippen LogP contribution is 2.40. The van der Waals surface area contributed by atoms with Gasteiger partial charge in [-0.15, -0.1) is 0 Å². The quantitative estimate of drug-likeness (QED) is 0.399. The van der Waals surface area contributed by atoms with E-state index in [2.05, 4.69) is 18.0 Å². The van der Waals surface area contributed by atoms with Crippen LogP contribution in [0.5, 0.6) is 5.75 Å². The van der Waals surface area contributed by atoms with E-state index >= 15 is 0 Å². The molecular formula is C26H25N3O2S. The van der Waals surface area contributed by atoms with Crippen LogP contribution in [0.1, 0.15) is 32.7 Å². The SMILES string of the molecule is COc1ccccc1-c1c(C#N)c(SCC(=O)c2ccc(C)cc2)nc2c1CN(C)CC2. The number of benzene rings is 2. The van der Waals surface area contributed by atoms with Crippen molar-refractivity contribution in [1.82, 2.24) is 9.88 Å². The molecule has 4 rings (SSSR count). The van der Waals surface area contributed by atoms with Crippen molar-refractivity contribution in [2.45, 2.75) is 24.9 Å². The van der Waals surface area contributed by atoms with Crippen LogP contribution in [0.25, 0.3) is 11.1 Å². The molecule has 0 bridgehead atoms. The number of carbonyl (C=O) groups excluding carboxylic acids is 1. The molecule has 0 amide bonds. The number of Topliss-reactive ketones (excluding diaryl/α,β-unsaturated/α-hetero) is 1. The van der Waals surface area contributed by atoms with Gasteiger partial charge in [-0.1, -0.05) is 59.8 Å². The fourth-order valence-electron chi connectivity index (χ4n) is 3.98. The molecule has 0 fully saturated rings. The Morgan fingerprint density at radius 2 is 1.97 bits per heavy atom. The number of nitriles is 1. The molecule has 162 valence electrons. The Morgan fingerprint density at radius 3 is 2.69 bits per heavy atom. The van der Waals surface area contributed by atoms with Crippen molar-refractivity contribution in [1.29, 1.82) is 5.26 Å². The Kier molecular flexibility index (Phi) is 6.59. The van der Waals surface area contributed by atoms with Crippen LogP contribution < -0.4 is 4.74 Å². The number of aryl methyl sites for hydroxylation is 1. The predicted octanol–water partition coefficient (Wildman–Crippen LogP) is 4.90. The molecule has 0 aliphatic carbocycles. The van der Waals surface area contributed by atoms with E-state index < -0.39 is 0 Å². The van der Waals surface area contributed by atoms with Gasteiger partial charge in [-0.3, -0.25) is 4.79 Å². The molecular weight excluding hydrogens is 418 g/mol. The zero-order valence-electron chi connectivity index (χ0n) is 18.5. The van der Waals surface area contributed by atoms with Crippen molar-refractivity contribution in [3.63, 3.8) is 0 Å². The van der Waals surface area contributed by atoms with Crippen LogP contribution in [0, 0.1) is 18.3 Å². The Morgan fingerprint density at radius 1 is 1.22 bits per heavy atom. The first kappa shape index (κ1) is 22.1. The molecule has 0 saturated heterocycles. The number of para-hydroxylation sites is 1. The molecule has 2 aromatic carbocycles. The van der Waals surface area contributed by atoms with E-state index in [0.29, 0.717) is 16.2 Å². The highest BCUT2D eigenvalue weighted by Gasteiger charge is 2.26. The van der Waals surface area contributed by atoms with Gasteiger partial charge in [0.05, 0.1) is 18.4 Å². The molecule has 6 heteroatoms. The number of hydrogen-bond donors (Lipinski definition) is 0. The van der Waals surface area contributed by atoms with Crippen LogP contribution in [0.2, 0.25) is 0 Å². The fraction of sp³-hybridized carbons (Fsp3) is 0.269. The number of methoxy groups -OCH3 is 1. The van der Waals surface area contributed by atoms with Gasteiger partial charge in [-0.25, -0.2) is 4.98 Å². The van der Waals surface area contributed by atoms with Crippen LogP contribution in [-0.4, -0.2) is 42.1 Å². The first-order valence-corrected chi connectivity index (χ1v) is 11.5. The number of aromatic nitrogens is 1. The number of hydrogen-bond acceptors (Lipinski definition) is 6. The molecule has 5 nitrogen and oxygen atoms in total. The van der Waals surface area contributed by atoms with E-state index in [1.807, 2.05) is 55.5 Å². The van der Waals surface area contributed by atoms with E-state index in [1.165, 1.54) is 11.8 Å². The number of fused-ring (bicyclic) bond motifs is 1. The summed E-state index contributed by atoms with van der Waals surface area (Å²) in [5.41, 5.74) is 6.10. The molecule has 0 saturated carbocycles. The van der Waals surface area contributed by atoms with Crippen molar-refractivity contribution < 1.29 is 9.53 Å². The van der Waals surface area contributed by atoms with Crippen LogP contribution in [0.3, 0.4) is 0 Å². The van der Waals surface area contributed by atoms with Crippen LogP contribution in [0.15, 0.2) is 53.6 Å². The van der Waals surface area contributed by atoms with Gasteiger partial charge in [0.15, 0.2) is 5.78 Å². The molecule has 1 aliphatic rings. The summed E-state index contributed by atoms with van der Waals surface area (Å²) in [5, 5.41) is 10.8. The van der Waals surface area contributed by atoms with E-state index in [4.69, 9.17) is 9.72 Å². The number of rotatable bonds is 6. The Labute approximate surface area is 193 Å². The minimum atomic E-state index is 0.0250. The molecule has 1 aromatic heterocycles. The molecule has 0 radical (unpaired) electrons. The number of pyridine rings is 1. The lowest BCUT2D eigenvalue weighted by Crippen LogP contribution is -2.28. The third-order valence-corrected chi connectivity index (χ3v) is 6.69. The molecule has 0 unspecified atom stereocenters. The molecule has 3 aromatic rings. The Bertz CT molecular complexity index is 1200. The number of thioether (sulfide) groups is 1. The number of carbonyl (C=O) groups is 1. The largest absolute Gasteiger partial charge is 0.496 e. The highest BCUT2D eigenvalue weighted by atomic mass is 32.2. The van der Waals surface area contributed by atoms with Gasteiger partial charge < -0.3 is 9.64 Å². The topological polar surface area (TPSA) is 66.2 Å². The average molecular weight is 444 g/mol. The van der Waals surface area contributed by atoms with Crippen LogP contribution in [-0.2, 0) is 13.0 Å². The average Bonchev–Trinajstić information content (AvgIpc) is 2.82. The van der Waals surface area contributed by atoms with Crippen LogP contribution >= 0.6 is 11.8 Å². The lowest BCUT2D eigenvalue weighted by atomic mass is 9.91. The first-order valence-electron chi connectivity index (χ1n) is 10.5. The normalized spacial score (nSPS) is 13.3. The summed E-state index contributed by atoms with van der Waals surface area (Å²) in [6.45, 7) is 3.62. The summed E-state index contributed by atoms with van der Waals surface area (Å²) in [7, 11) is 3.71. The number of ketones is 1. The summed E-state index contributed by atoms with van der Waals surface area (Å²) in [6.07, 6.45) is 0.805. The van der Waals surface area contributed by atoms with Crippen LogP contribution in [0.4, 0.5) is 0 Å². The van der Waals surface area contributed by atoms with Gasteiger partial charge >= 0.3 is 0 Å². The summed E-state index contributed by atoms with van der Waals surface area (Å²) < 4.78 is 5.62. The third kappa shape index (κ3) is 4.40. The summed E-state index contributed by atoms with van der Waals surface area (Å²) in [5.74, 6) is 0.976. The summed E-state index contributed by atoms with van der Waals surface area (Å²) in [6, 6.07) is 17.7. The van der Waals surface area contributed by atoms with Crippen molar-refractivity contribution in [3.8, 4) is 22.9 Å². The lowest BCUT2D eigenvalue weighted by molar-refractivity contribution is 0.102. The summed E-state index contributed by atoms with van der Waals surface area (Å²) in [4.78, 5) is 19.9. The predicted molar refractivity (Wildman–Crippen MR) is 127 cm³/mol. The number of ether oxygens (including phenoxy) is 1. The first-order chi connectivity index (χ1) is 15.5. The monoisotopic (exact) mass is 443 g/mol. The van der Waals surface area contributed by atoms with Crippen molar-refractivity contribution in [2.75, 3.05) is 26.5 Å². The highest BCUT2D eigenvalue weighted by molar-refractivity contribution is 8.00. The molecule has 0 N–H and O–H groups in total. The zero-order valence-corrected chi connectivity index (χ0v) is 19.3. The van der Waals surface area contributed by atoms with Gasteiger partial charge in [-0.05, 0) is 25.6 Å². The van der Waals surface area contributed by atoms with Crippen molar-refractivity contribution >= 4 is 17.5 Å². The summed E-state index contributed by atoms with van der Waals surface area (Å²) >= 11 is 1.34. The standard InChI is InChI=1S/C26H25N3O2S/c1-17-8-10-18(11-9-17)23(30)16-32-26-20(14-27)25(19-6-4-5-7-24(19)31-3)21-15-29(2)13-12-22(21)28-26/h4-11H,12-13,15-16H2,1-3H3. The van der Waals surface area contributed by atoms with E-state index in [9.17, 15) is 10.1 Å². The second-order valence-electron chi connectivity index (χ2n) is 7.97. The van der Waals surface area contributed by atoms with Crippen molar-refractivity contribution in [2.24, 2.45) is 0 Å². The van der Waals surface area contributed by atoms with E-state index in [-0.39, 0.29) is 11.5 Å². The third-order valence-electron chi connectivity index (χ3n) is 5.71. The molecule has 2 heterocycles. The minimum absolute atomic E-state index is 0.0250. The van der Waals surface area contributed by atoms with Gasteiger partial charge in [0.2, 0.25) is 0 Å². The number of nitrogens with zero attached hydrogens (tertiary/aromatic N) is 3. The minimum Gasteiger partial charge on any atom is -0.496 e. The zero-order chi connectivity index (χ0) is 22.7. The maximum atomic E-state index is 12.8. The Hall–Kier alpha value is -3.14. The Balaban J connectivity index is 1.77. The maximum absolute atomic E-state index is 12.8. The molecule has 32 heavy (non-hydrogen) atoms. The van der Waals surface area contributed by atoms with Gasteiger partial charge in [-0.2, -0.15) is 5.26 Å². The van der Waals surface area contributed by atoms with Gasteiger partial charge in [0.1, 0.15) is 16.8 Å². The molecule has 0 spiro atoms. The van der Waals surface area contributed by atoms with E-state index in [0.717, 1.165) is 53.2 Å².